The number of rotatable bonds is 6. The number of ether oxygens (including phenoxy) is 2. The molecule has 2 aromatic carbocycles. The Bertz CT molecular complexity index is 799. The summed E-state index contributed by atoms with van der Waals surface area (Å²) in [6, 6.07) is 9.42. The zero-order valence-electron chi connectivity index (χ0n) is 12.9. The highest BCUT2D eigenvalue weighted by molar-refractivity contribution is 9.10. The molecule has 0 spiro atoms. The molecule has 0 heterocycles. The first-order chi connectivity index (χ1) is 11.9. The lowest BCUT2D eigenvalue weighted by molar-refractivity contribution is -0.111. The lowest BCUT2D eigenvalue weighted by Crippen LogP contribution is -2.08. The van der Waals surface area contributed by atoms with Crippen LogP contribution in [0, 0.1) is 0 Å². The minimum absolute atomic E-state index is 0.0826. The van der Waals surface area contributed by atoms with Crippen molar-refractivity contribution >= 4 is 45.2 Å². The van der Waals surface area contributed by atoms with Gasteiger partial charge in [0.05, 0.1) is 17.8 Å². The van der Waals surface area contributed by atoms with Crippen LogP contribution in [0.1, 0.15) is 5.56 Å². The van der Waals surface area contributed by atoms with Gasteiger partial charge in [-0.15, -0.1) is 0 Å². The summed E-state index contributed by atoms with van der Waals surface area (Å²) in [5.41, 5.74) is 1.05. The lowest BCUT2D eigenvalue weighted by atomic mass is 10.2. The molecule has 0 fully saturated rings. The van der Waals surface area contributed by atoms with Gasteiger partial charge in [0.2, 0.25) is 5.91 Å². The van der Waals surface area contributed by atoms with Crippen molar-refractivity contribution < 1.29 is 23.0 Å². The number of alkyl halides is 2. The second-order valence-corrected chi connectivity index (χ2v) is 6.06. The average molecular weight is 433 g/mol. The van der Waals surface area contributed by atoms with Gasteiger partial charge in [-0.25, -0.2) is 0 Å². The molecule has 0 radical (unpaired) electrons. The van der Waals surface area contributed by atoms with Gasteiger partial charge in [0.25, 0.3) is 0 Å². The van der Waals surface area contributed by atoms with Crippen LogP contribution in [0.2, 0.25) is 5.02 Å². The molecule has 132 valence electrons. The molecule has 0 bridgehead atoms. The Hall–Kier alpha value is -2.12. The van der Waals surface area contributed by atoms with Crippen molar-refractivity contribution in [1.82, 2.24) is 0 Å². The first-order valence-corrected chi connectivity index (χ1v) is 8.13. The molecule has 0 saturated heterocycles. The van der Waals surface area contributed by atoms with Gasteiger partial charge >= 0.3 is 6.61 Å². The summed E-state index contributed by atoms with van der Waals surface area (Å²) >= 11 is 9.31. The molecule has 25 heavy (non-hydrogen) atoms. The van der Waals surface area contributed by atoms with Gasteiger partial charge in [-0.2, -0.15) is 8.78 Å². The minimum Gasteiger partial charge on any atom is -0.493 e. The number of halogens is 4. The van der Waals surface area contributed by atoms with E-state index in [0.717, 1.165) is 4.47 Å². The average Bonchev–Trinajstić information content (AvgIpc) is 2.56. The Kier molecular flexibility index (Phi) is 6.78. The van der Waals surface area contributed by atoms with Crippen LogP contribution < -0.4 is 14.8 Å². The predicted molar refractivity (Wildman–Crippen MR) is 96.4 cm³/mol. The number of carbonyl (C=O) groups excluding carboxylic acids is 1. The maximum atomic E-state index is 12.3. The fourth-order valence-corrected chi connectivity index (χ4v) is 2.64. The third-order valence-corrected chi connectivity index (χ3v) is 3.83. The van der Waals surface area contributed by atoms with E-state index >= 15 is 0 Å². The van der Waals surface area contributed by atoms with Gasteiger partial charge in [0.15, 0.2) is 11.5 Å². The van der Waals surface area contributed by atoms with Gasteiger partial charge in [-0.1, -0.05) is 33.6 Å². The first kappa shape index (κ1) is 19.2. The molecular formula is C17H13BrClF2NO3. The summed E-state index contributed by atoms with van der Waals surface area (Å²) in [5, 5.41) is 3.03. The second-order valence-electron chi connectivity index (χ2n) is 4.74. The molecule has 0 unspecified atom stereocenters. The number of anilines is 1. The van der Waals surface area contributed by atoms with E-state index in [1.807, 2.05) is 0 Å². The van der Waals surface area contributed by atoms with Gasteiger partial charge in [-0.3, -0.25) is 4.79 Å². The number of carbonyl (C=O) groups is 1. The van der Waals surface area contributed by atoms with Crippen molar-refractivity contribution in [2.45, 2.75) is 6.61 Å². The lowest BCUT2D eigenvalue weighted by Gasteiger charge is -2.10. The Morgan fingerprint density at radius 2 is 2.00 bits per heavy atom. The molecule has 2 aromatic rings. The van der Waals surface area contributed by atoms with E-state index in [4.69, 9.17) is 16.3 Å². The zero-order chi connectivity index (χ0) is 18.4. The molecule has 8 heteroatoms. The van der Waals surface area contributed by atoms with Gasteiger partial charge < -0.3 is 14.8 Å². The predicted octanol–water partition coefficient (Wildman–Crippen LogP) is 5.36. The number of nitrogens with one attached hydrogen (secondary N) is 1. The Balaban J connectivity index is 2.08. The molecule has 0 saturated carbocycles. The maximum Gasteiger partial charge on any atom is 0.387 e. The summed E-state index contributed by atoms with van der Waals surface area (Å²) in [5.74, 6) is -0.337. The van der Waals surface area contributed by atoms with Gasteiger partial charge in [-0.05, 0) is 42.0 Å². The quantitative estimate of drug-likeness (QED) is 0.625. The summed E-state index contributed by atoms with van der Waals surface area (Å²) < 4.78 is 34.7. The first-order valence-electron chi connectivity index (χ1n) is 6.96. The Morgan fingerprint density at radius 3 is 2.64 bits per heavy atom. The maximum absolute atomic E-state index is 12.3. The van der Waals surface area contributed by atoms with Gasteiger partial charge in [0, 0.05) is 10.5 Å². The van der Waals surface area contributed by atoms with E-state index in [-0.39, 0.29) is 11.5 Å². The molecule has 1 N–H and O–H groups in total. The summed E-state index contributed by atoms with van der Waals surface area (Å²) in [4.78, 5) is 12.0. The third-order valence-electron chi connectivity index (χ3n) is 3.02. The van der Waals surface area contributed by atoms with E-state index in [0.29, 0.717) is 16.3 Å². The van der Waals surface area contributed by atoms with Crippen molar-refractivity contribution in [3.8, 4) is 11.5 Å². The smallest absolute Gasteiger partial charge is 0.387 e. The molecule has 1 amide bonds. The van der Waals surface area contributed by atoms with E-state index < -0.39 is 12.5 Å². The molecule has 0 aromatic heterocycles. The minimum atomic E-state index is -2.95. The van der Waals surface area contributed by atoms with Crippen LogP contribution in [-0.2, 0) is 4.79 Å². The van der Waals surface area contributed by atoms with E-state index in [1.165, 1.54) is 37.5 Å². The van der Waals surface area contributed by atoms with Crippen molar-refractivity contribution in [1.29, 1.82) is 0 Å². The number of amides is 1. The fraction of sp³-hybridized carbons (Fsp3) is 0.118. The monoisotopic (exact) mass is 431 g/mol. The van der Waals surface area contributed by atoms with Crippen molar-refractivity contribution in [2.24, 2.45) is 0 Å². The standard InChI is InChI=1S/C17H13BrClF2NO3/c1-24-15-8-10(2-6-14(15)25-17(20)21)3-7-16(23)22-13-5-4-11(18)9-12(13)19/h2-9,17H,1H3,(H,22,23)/b7-3+. The molecule has 0 aliphatic rings. The van der Waals surface area contributed by atoms with Crippen LogP contribution in [0.25, 0.3) is 6.08 Å². The molecule has 0 aliphatic carbocycles. The van der Waals surface area contributed by atoms with E-state index in [1.54, 1.807) is 18.2 Å². The summed E-state index contributed by atoms with van der Waals surface area (Å²) in [7, 11) is 1.34. The topological polar surface area (TPSA) is 47.6 Å². The van der Waals surface area contributed by atoms with Gasteiger partial charge in [0.1, 0.15) is 0 Å². The highest BCUT2D eigenvalue weighted by Gasteiger charge is 2.10. The van der Waals surface area contributed by atoms with Crippen LogP contribution in [0.4, 0.5) is 14.5 Å². The summed E-state index contributed by atoms with van der Waals surface area (Å²) in [6.07, 6.45) is 2.80. The molecule has 4 nitrogen and oxygen atoms in total. The Labute approximate surface area is 156 Å². The van der Waals surface area contributed by atoms with Crippen molar-refractivity contribution in [3.05, 3.63) is 57.5 Å². The van der Waals surface area contributed by atoms with Crippen LogP contribution in [0.5, 0.6) is 11.5 Å². The zero-order valence-corrected chi connectivity index (χ0v) is 15.3. The number of benzene rings is 2. The number of hydrogen-bond acceptors (Lipinski definition) is 3. The molecule has 0 aliphatic heterocycles. The molecular weight excluding hydrogens is 420 g/mol. The Morgan fingerprint density at radius 1 is 1.24 bits per heavy atom. The normalized spacial score (nSPS) is 11.0. The fourth-order valence-electron chi connectivity index (χ4n) is 1.92. The molecule has 0 atom stereocenters. The SMILES string of the molecule is COc1cc(/C=C/C(=O)Nc2ccc(Br)cc2Cl)ccc1OC(F)F. The number of hydrogen-bond donors (Lipinski definition) is 1. The largest absolute Gasteiger partial charge is 0.493 e. The van der Waals surface area contributed by atoms with Crippen LogP contribution >= 0.6 is 27.5 Å². The van der Waals surface area contributed by atoms with E-state index in [9.17, 15) is 13.6 Å². The second kappa shape index (κ2) is 8.82. The van der Waals surface area contributed by atoms with Crippen LogP contribution in [0.15, 0.2) is 46.9 Å². The highest BCUT2D eigenvalue weighted by Crippen LogP contribution is 2.30. The number of methoxy groups -OCH3 is 1. The van der Waals surface area contributed by atoms with Crippen LogP contribution in [-0.4, -0.2) is 19.6 Å². The summed E-state index contributed by atoms with van der Waals surface area (Å²) in [6.45, 7) is -2.95. The highest BCUT2D eigenvalue weighted by atomic mass is 79.9. The third kappa shape index (κ3) is 5.72. The van der Waals surface area contributed by atoms with Crippen molar-refractivity contribution in [2.75, 3.05) is 12.4 Å². The van der Waals surface area contributed by atoms with Crippen molar-refractivity contribution in [3.63, 3.8) is 0 Å². The van der Waals surface area contributed by atoms with Crippen LogP contribution in [0.3, 0.4) is 0 Å². The molecule has 2 rings (SSSR count). The van der Waals surface area contributed by atoms with E-state index in [2.05, 4.69) is 26.0 Å².